The van der Waals surface area contributed by atoms with Gasteiger partial charge in [0.2, 0.25) is 0 Å². The van der Waals surface area contributed by atoms with Crippen LogP contribution in [-0.2, 0) is 17.9 Å². The molecule has 2 heterocycles. The molecule has 1 aromatic heterocycles. The first-order valence-electron chi connectivity index (χ1n) is 11.1. The van der Waals surface area contributed by atoms with Crippen LogP contribution in [0.5, 0.6) is 5.75 Å². The first-order valence-corrected chi connectivity index (χ1v) is 11.4. The Morgan fingerprint density at radius 1 is 1.10 bits per heavy atom. The Balaban J connectivity index is 1.24. The summed E-state index contributed by atoms with van der Waals surface area (Å²) in [4.78, 5) is 19.8. The van der Waals surface area contributed by atoms with E-state index in [1.54, 1.807) is 24.3 Å². The van der Waals surface area contributed by atoms with E-state index in [1.807, 2.05) is 12.1 Å². The average Bonchev–Trinajstić information content (AvgIpc) is 3.16. The first kappa shape index (κ1) is 20.3. The van der Waals surface area contributed by atoms with Gasteiger partial charge >= 0.3 is 0 Å². The van der Waals surface area contributed by atoms with E-state index in [4.69, 9.17) is 21.3 Å². The molecular formula is C24H27ClN4O2. The molecule has 7 heteroatoms. The number of ether oxygens (including phenoxy) is 1. The number of hydrogen-bond acceptors (Lipinski definition) is 4. The Hall–Kier alpha value is -2.57. The highest BCUT2D eigenvalue weighted by Crippen LogP contribution is 2.28. The normalized spacial score (nSPS) is 17.5. The fraction of sp³-hybridized carbons (Fsp3) is 0.417. The number of anilines is 1. The lowest BCUT2D eigenvalue weighted by atomic mass is 9.94. The molecule has 0 saturated heterocycles. The van der Waals surface area contributed by atoms with Crippen LogP contribution in [0, 0.1) is 0 Å². The van der Waals surface area contributed by atoms with Crippen molar-refractivity contribution in [3.8, 4) is 5.75 Å². The summed E-state index contributed by atoms with van der Waals surface area (Å²) < 4.78 is 7.85. The molecule has 1 N–H and O–H groups in total. The molecule has 1 aliphatic heterocycles. The maximum Gasteiger partial charge on any atom is 0.262 e. The number of aromatic nitrogens is 2. The smallest absolute Gasteiger partial charge is 0.262 e. The minimum absolute atomic E-state index is 0.0598. The summed E-state index contributed by atoms with van der Waals surface area (Å²) in [5.74, 6) is 1.53. The zero-order valence-corrected chi connectivity index (χ0v) is 18.3. The van der Waals surface area contributed by atoms with E-state index in [0.717, 1.165) is 42.2 Å². The number of hydrogen-bond donors (Lipinski definition) is 1. The zero-order chi connectivity index (χ0) is 21.2. The lowest BCUT2D eigenvalue weighted by molar-refractivity contribution is -0.118. The molecule has 31 heavy (non-hydrogen) atoms. The highest BCUT2D eigenvalue weighted by atomic mass is 35.5. The van der Waals surface area contributed by atoms with E-state index >= 15 is 0 Å². The van der Waals surface area contributed by atoms with Crippen molar-refractivity contribution in [1.29, 1.82) is 0 Å². The maximum atomic E-state index is 12.3. The third-order valence-electron chi connectivity index (χ3n) is 6.34. The van der Waals surface area contributed by atoms with Gasteiger partial charge in [0.15, 0.2) is 6.61 Å². The highest BCUT2D eigenvalue weighted by Gasteiger charge is 2.26. The fourth-order valence-electron chi connectivity index (χ4n) is 4.75. The molecule has 1 fully saturated rings. The lowest BCUT2D eigenvalue weighted by Crippen LogP contribution is -2.42. The van der Waals surface area contributed by atoms with Crippen molar-refractivity contribution in [3.63, 3.8) is 0 Å². The van der Waals surface area contributed by atoms with Crippen LogP contribution in [0.3, 0.4) is 0 Å². The zero-order valence-electron chi connectivity index (χ0n) is 17.5. The van der Waals surface area contributed by atoms with Crippen LogP contribution in [-0.4, -0.2) is 39.6 Å². The standard InChI is InChI=1S/C24H27ClN4O2/c25-17-6-9-20(10-7-17)31-16-24(30)26-18-8-11-22-21(14-18)27-23-15-28(12-13-29(22)23)19-4-2-1-3-5-19/h6-11,14,19H,1-5,12-13,15-16H2,(H,26,30). The number of nitrogens with one attached hydrogen (secondary N) is 1. The number of amides is 1. The number of carbonyl (C=O) groups is 1. The minimum atomic E-state index is -0.207. The predicted octanol–water partition coefficient (Wildman–Crippen LogP) is 4.86. The topological polar surface area (TPSA) is 59.4 Å². The molecule has 2 aromatic carbocycles. The van der Waals surface area contributed by atoms with Crippen molar-refractivity contribution in [2.24, 2.45) is 0 Å². The van der Waals surface area contributed by atoms with Gasteiger partial charge in [-0.1, -0.05) is 30.9 Å². The molecule has 1 saturated carbocycles. The van der Waals surface area contributed by atoms with Crippen LogP contribution in [0.25, 0.3) is 11.0 Å². The summed E-state index contributed by atoms with van der Waals surface area (Å²) in [6.45, 7) is 2.91. The Morgan fingerprint density at radius 2 is 1.90 bits per heavy atom. The van der Waals surface area contributed by atoms with Crippen LogP contribution in [0.4, 0.5) is 5.69 Å². The van der Waals surface area contributed by atoms with E-state index in [9.17, 15) is 4.79 Å². The van der Waals surface area contributed by atoms with Gasteiger partial charge < -0.3 is 14.6 Å². The molecule has 0 radical (unpaired) electrons. The molecule has 5 rings (SSSR count). The van der Waals surface area contributed by atoms with Gasteiger partial charge in [0.05, 0.1) is 17.6 Å². The summed E-state index contributed by atoms with van der Waals surface area (Å²) in [5.41, 5.74) is 2.79. The number of nitrogens with zero attached hydrogens (tertiary/aromatic N) is 3. The van der Waals surface area contributed by atoms with Gasteiger partial charge in [0.1, 0.15) is 11.6 Å². The number of fused-ring (bicyclic) bond motifs is 3. The SMILES string of the molecule is O=C(COc1ccc(Cl)cc1)Nc1ccc2c(c1)nc1n2CCN(C2CCCCC2)C1. The second-order valence-electron chi connectivity index (χ2n) is 8.44. The molecule has 0 unspecified atom stereocenters. The third-order valence-corrected chi connectivity index (χ3v) is 6.59. The third kappa shape index (κ3) is 4.55. The molecule has 3 aromatic rings. The fourth-order valence-corrected chi connectivity index (χ4v) is 4.88. The monoisotopic (exact) mass is 438 g/mol. The highest BCUT2D eigenvalue weighted by molar-refractivity contribution is 6.30. The maximum absolute atomic E-state index is 12.3. The Labute approximate surface area is 187 Å². The molecule has 0 spiro atoms. The summed E-state index contributed by atoms with van der Waals surface area (Å²) in [7, 11) is 0. The van der Waals surface area contributed by atoms with Crippen LogP contribution in [0.15, 0.2) is 42.5 Å². The number of imidazole rings is 1. The number of rotatable bonds is 5. The second kappa shape index (κ2) is 8.89. The summed E-state index contributed by atoms with van der Waals surface area (Å²) >= 11 is 5.87. The van der Waals surface area contributed by atoms with E-state index in [2.05, 4.69) is 20.9 Å². The summed E-state index contributed by atoms with van der Waals surface area (Å²) in [5, 5.41) is 3.54. The molecule has 162 valence electrons. The van der Waals surface area contributed by atoms with Crippen molar-refractivity contribution in [2.45, 2.75) is 51.2 Å². The van der Waals surface area contributed by atoms with Gasteiger partial charge in [-0.25, -0.2) is 4.98 Å². The van der Waals surface area contributed by atoms with Gasteiger partial charge in [-0.2, -0.15) is 0 Å². The average molecular weight is 439 g/mol. The van der Waals surface area contributed by atoms with Crippen molar-refractivity contribution in [1.82, 2.24) is 14.5 Å². The van der Waals surface area contributed by atoms with Crippen LogP contribution in [0.2, 0.25) is 5.02 Å². The van der Waals surface area contributed by atoms with Crippen molar-refractivity contribution < 1.29 is 9.53 Å². The lowest BCUT2D eigenvalue weighted by Gasteiger charge is -2.36. The largest absolute Gasteiger partial charge is 0.484 e. The van der Waals surface area contributed by atoms with Gasteiger partial charge in [0.25, 0.3) is 5.91 Å². The number of benzene rings is 2. The Morgan fingerprint density at radius 3 is 2.71 bits per heavy atom. The van der Waals surface area contributed by atoms with E-state index in [-0.39, 0.29) is 12.5 Å². The van der Waals surface area contributed by atoms with E-state index in [1.165, 1.54) is 32.1 Å². The first-order chi connectivity index (χ1) is 15.2. The summed E-state index contributed by atoms with van der Waals surface area (Å²) in [6, 6.07) is 13.6. The Bertz CT molecular complexity index is 1070. The van der Waals surface area contributed by atoms with Crippen molar-refractivity contribution in [2.75, 3.05) is 18.5 Å². The molecule has 2 aliphatic rings. The molecule has 1 amide bonds. The molecule has 0 bridgehead atoms. The van der Waals surface area contributed by atoms with Crippen LogP contribution in [0.1, 0.15) is 37.9 Å². The Kier molecular flexibility index (Phi) is 5.83. The number of halogens is 1. The van der Waals surface area contributed by atoms with Gasteiger partial charge in [-0.05, 0) is 55.3 Å². The predicted molar refractivity (Wildman–Crippen MR) is 123 cm³/mol. The molecular weight excluding hydrogens is 412 g/mol. The van der Waals surface area contributed by atoms with E-state index in [0.29, 0.717) is 16.8 Å². The quantitative estimate of drug-likeness (QED) is 0.618. The minimum Gasteiger partial charge on any atom is -0.484 e. The van der Waals surface area contributed by atoms with Crippen molar-refractivity contribution in [3.05, 3.63) is 53.3 Å². The van der Waals surface area contributed by atoms with Gasteiger partial charge in [-0.3, -0.25) is 9.69 Å². The van der Waals surface area contributed by atoms with Gasteiger partial charge in [0, 0.05) is 29.8 Å². The van der Waals surface area contributed by atoms with Crippen molar-refractivity contribution >= 4 is 34.2 Å². The van der Waals surface area contributed by atoms with Crippen LogP contribution >= 0.6 is 11.6 Å². The molecule has 6 nitrogen and oxygen atoms in total. The second-order valence-corrected chi connectivity index (χ2v) is 8.87. The molecule has 0 atom stereocenters. The van der Waals surface area contributed by atoms with Gasteiger partial charge in [-0.15, -0.1) is 0 Å². The number of carbonyl (C=O) groups excluding carboxylic acids is 1. The molecule has 1 aliphatic carbocycles. The van der Waals surface area contributed by atoms with Crippen LogP contribution < -0.4 is 10.1 Å². The summed E-state index contributed by atoms with van der Waals surface area (Å²) in [6.07, 6.45) is 6.70. The van der Waals surface area contributed by atoms with E-state index < -0.39 is 0 Å².